The molecule has 2 aliphatic rings. The van der Waals surface area contributed by atoms with Crippen molar-refractivity contribution in [1.29, 1.82) is 0 Å². The van der Waals surface area contributed by atoms with Gasteiger partial charge in [0.2, 0.25) is 11.9 Å². The maximum atomic E-state index is 13.4. The molecule has 2 unspecified atom stereocenters. The summed E-state index contributed by atoms with van der Waals surface area (Å²) in [4.78, 5) is 35.5. The first kappa shape index (κ1) is 25.1. The Morgan fingerprint density at radius 3 is 2.76 bits per heavy atom. The van der Waals surface area contributed by atoms with Gasteiger partial charge in [0, 0.05) is 62.7 Å². The van der Waals surface area contributed by atoms with E-state index < -0.39 is 12.3 Å². The highest BCUT2D eigenvalue weighted by Gasteiger charge is 2.37. The van der Waals surface area contributed by atoms with E-state index in [1.54, 1.807) is 36.4 Å². The monoisotopic (exact) mass is 525 g/mol. The Morgan fingerprint density at radius 2 is 2.05 bits per heavy atom. The van der Waals surface area contributed by atoms with Crippen LogP contribution in [-0.4, -0.2) is 67.1 Å². The number of aliphatic hydroxyl groups excluding tert-OH is 1. The lowest BCUT2D eigenvalue weighted by Gasteiger charge is -2.30. The third kappa shape index (κ3) is 5.29. The average molecular weight is 526 g/mol. The minimum absolute atomic E-state index is 0.194. The number of nitrogens with one attached hydrogen (secondary N) is 2. The Morgan fingerprint density at radius 1 is 1.27 bits per heavy atom. The molecule has 3 N–H and O–H groups in total. The van der Waals surface area contributed by atoms with E-state index >= 15 is 0 Å². The lowest BCUT2D eigenvalue weighted by atomic mass is 10.0. The van der Waals surface area contributed by atoms with Gasteiger partial charge in [-0.25, -0.2) is 9.97 Å². The van der Waals surface area contributed by atoms with Gasteiger partial charge in [0.25, 0.3) is 5.91 Å². The second-order valence-electron chi connectivity index (χ2n) is 9.27. The van der Waals surface area contributed by atoms with Crippen molar-refractivity contribution < 1.29 is 19.4 Å². The van der Waals surface area contributed by atoms with Crippen molar-refractivity contribution in [2.45, 2.75) is 44.6 Å². The Bertz CT molecular complexity index is 1320. The Labute approximate surface area is 218 Å². The van der Waals surface area contributed by atoms with E-state index in [4.69, 9.17) is 16.3 Å². The number of hydrogen-bond acceptors (Lipinski definition) is 8. The number of aromatic nitrogens is 4. The van der Waals surface area contributed by atoms with Gasteiger partial charge >= 0.3 is 0 Å². The molecule has 2 atom stereocenters. The van der Waals surface area contributed by atoms with Gasteiger partial charge < -0.3 is 25.4 Å². The third-order valence-corrected chi connectivity index (χ3v) is 6.85. The van der Waals surface area contributed by atoms with Gasteiger partial charge in [0.1, 0.15) is 6.04 Å². The highest BCUT2D eigenvalue weighted by atomic mass is 35.5. The molecule has 4 heterocycles. The van der Waals surface area contributed by atoms with Gasteiger partial charge in [-0.3, -0.25) is 14.3 Å². The number of nitrogens with zero attached hydrogens (tertiary/aromatic N) is 5. The van der Waals surface area contributed by atoms with Crippen LogP contribution in [0.25, 0.3) is 11.3 Å². The largest absolute Gasteiger partial charge is 0.381 e. The van der Waals surface area contributed by atoms with Gasteiger partial charge in [0.05, 0.1) is 23.1 Å². The number of ether oxygens (including phenoxy) is 1. The topological polar surface area (TPSA) is 134 Å². The predicted octanol–water partition coefficient (Wildman–Crippen LogP) is 2.27. The summed E-state index contributed by atoms with van der Waals surface area (Å²) in [6.07, 6.45) is 5.23. The van der Waals surface area contributed by atoms with E-state index in [1.165, 1.54) is 11.8 Å². The number of halogens is 1. The molecule has 1 aromatic carbocycles. The fourth-order valence-electron chi connectivity index (χ4n) is 4.68. The minimum Gasteiger partial charge on any atom is -0.381 e. The third-order valence-electron chi connectivity index (χ3n) is 6.57. The second-order valence-corrected chi connectivity index (χ2v) is 9.67. The van der Waals surface area contributed by atoms with Crippen LogP contribution in [0.3, 0.4) is 0 Å². The van der Waals surface area contributed by atoms with Crippen molar-refractivity contribution in [3.05, 3.63) is 58.5 Å². The molecule has 0 bridgehead atoms. The van der Waals surface area contributed by atoms with E-state index in [-0.39, 0.29) is 24.4 Å². The molecular weight excluding hydrogens is 498 g/mol. The highest BCUT2D eigenvalue weighted by Crippen LogP contribution is 2.34. The summed E-state index contributed by atoms with van der Waals surface area (Å²) in [5, 5.41) is 21.7. The molecule has 0 radical (unpaired) electrons. The van der Waals surface area contributed by atoms with Crippen molar-refractivity contribution in [1.82, 2.24) is 30.0 Å². The molecule has 0 spiro atoms. The number of carbonyl (C=O) groups is 2. The van der Waals surface area contributed by atoms with E-state index in [0.29, 0.717) is 46.6 Å². The van der Waals surface area contributed by atoms with Crippen LogP contribution in [0.2, 0.25) is 5.02 Å². The van der Waals surface area contributed by atoms with Crippen LogP contribution < -0.4 is 10.6 Å². The van der Waals surface area contributed by atoms with Crippen LogP contribution in [0.1, 0.15) is 47.3 Å². The van der Waals surface area contributed by atoms with E-state index in [0.717, 1.165) is 18.4 Å². The fraction of sp³-hybridized carbons (Fsp3) is 0.400. The van der Waals surface area contributed by atoms with Crippen molar-refractivity contribution >= 4 is 29.4 Å². The number of aliphatic hydroxyl groups is 1. The number of benzene rings is 1. The summed E-state index contributed by atoms with van der Waals surface area (Å²) in [5.74, 6) is -0.220. The molecule has 0 aliphatic carbocycles. The standard InChI is InChI=1S/C25H28ClN7O4/c1-14(34)29-22(17-10-28-32(2)12-17)24(36)33-13-16-4-3-15(9-19(16)23(33)35)21-20(26)11-27-25(31-21)30-18-5-7-37-8-6-18/h3-4,9-12,18,22,24,36H,5-8,13H2,1-2H3,(H,29,34)(H,27,30,31). The van der Waals surface area contributed by atoms with E-state index in [9.17, 15) is 14.7 Å². The lowest BCUT2D eigenvalue weighted by Crippen LogP contribution is -2.46. The molecule has 5 rings (SSSR count). The van der Waals surface area contributed by atoms with E-state index in [1.807, 2.05) is 12.1 Å². The van der Waals surface area contributed by atoms with Crippen molar-refractivity contribution in [2.75, 3.05) is 18.5 Å². The molecule has 2 amide bonds. The normalized spacial score (nSPS) is 17.4. The number of rotatable bonds is 7. The van der Waals surface area contributed by atoms with E-state index in [2.05, 4.69) is 25.7 Å². The quantitative estimate of drug-likeness (QED) is 0.427. The average Bonchev–Trinajstić information content (AvgIpc) is 3.46. The van der Waals surface area contributed by atoms with Crippen LogP contribution in [0, 0.1) is 0 Å². The molecule has 37 heavy (non-hydrogen) atoms. The van der Waals surface area contributed by atoms with Crippen molar-refractivity contribution in [3.8, 4) is 11.3 Å². The zero-order valence-electron chi connectivity index (χ0n) is 20.5. The molecule has 0 saturated carbocycles. The maximum Gasteiger partial charge on any atom is 0.256 e. The van der Waals surface area contributed by atoms with Gasteiger partial charge in [0.15, 0.2) is 6.23 Å². The SMILES string of the molecule is CC(=O)NC(c1cnn(C)c1)C(O)N1Cc2ccc(-c3nc(NC4CCOCC4)ncc3Cl)cc2C1=O. The van der Waals surface area contributed by atoms with Crippen molar-refractivity contribution in [3.63, 3.8) is 0 Å². The Kier molecular flexibility index (Phi) is 7.09. The molecule has 2 aliphatic heterocycles. The summed E-state index contributed by atoms with van der Waals surface area (Å²) in [6, 6.07) is 4.79. The molecule has 11 nitrogen and oxygen atoms in total. The first-order chi connectivity index (χ1) is 17.8. The zero-order chi connectivity index (χ0) is 26.1. The molecule has 3 aromatic rings. The fourth-order valence-corrected chi connectivity index (χ4v) is 4.88. The molecule has 1 saturated heterocycles. The molecular formula is C25H28ClN7O4. The number of fused-ring (bicyclic) bond motifs is 1. The van der Waals surface area contributed by atoms with Gasteiger partial charge in [-0.2, -0.15) is 5.10 Å². The predicted molar refractivity (Wildman–Crippen MR) is 136 cm³/mol. The number of anilines is 1. The smallest absolute Gasteiger partial charge is 0.256 e. The number of hydrogen-bond donors (Lipinski definition) is 3. The molecule has 194 valence electrons. The zero-order valence-corrected chi connectivity index (χ0v) is 21.3. The second kappa shape index (κ2) is 10.4. The number of aryl methyl sites for hydroxylation is 1. The van der Waals surface area contributed by atoms with Crippen LogP contribution in [0.15, 0.2) is 36.8 Å². The van der Waals surface area contributed by atoms with Crippen LogP contribution in [-0.2, 0) is 23.1 Å². The summed E-state index contributed by atoms with van der Waals surface area (Å²) < 4.78 is 6.98. The molecule has 1 fully saturated rings. The summed E-state index contributed by atoms with van der Waals surface area (Å²) in [5.41, 5.74) is 2.96. The van der Waals surface area contributed by atoms with Gasteiger partial charge in [-0.1, -0.05) is 23.7 Å². The van der Waals surface area contributed by atoms with Gasteiger partial charge in [-0.05, 0) is 24.5 Å². The summed E-state index contributed by atoms with van der Waals surface area (Å²) in [6.45, 7) is 2.94. The maximum absolute atomic E-state index is 13.4. The van der Waals surface area contributed by atoms with Crippen LogP contribution >= 0.6 is 11.6 Å². The van der Waals surface area contributed by atoms with Crippen molar-refractivity contribution in [2.24, 2.45) is 7.05 Å². The first-order valence-corrected chi connectivity index (χ1v) is 12.4. The summed E-state index contributed by atoms with van der Waals surface area (Å²) in [7, 11) is 1.74. The molecule has 2 aromatic heterocycles. The number of amides is 2. The van der Waals surface area contributed by atoms with Crippen LogP contribution in [0.4, 0.5) is 5.95 Å². The number of carbonyl (C=O) groups excluding carboxylic acids is 2. The first-order valence-electron chi connectivity index (χ1n) is 12.0. The summed E-state index contributed by atoms with van der Waals surface area (Å²) >= 11 is 6.44. The Hall–Kier alpha value is -3.54. The lowest BCUT2D eigenvalue weighted by molar-refractivity contribution is -0.121. The minimum atomic E-state index is -1.30. The highest BCUT2D eigenvalue weighted by molar-refractivity contribution is 6.33. The van der Waals surface area contributed by atoms with Gasteiger partial charge in [-0.15, -0.1) is 0 Å². The Balaban J connectivity index is 1.39. The molecule has 12 heteroatoms. The van der Waals surface area contributed by atoms with Crippen LogP contribution in [0.5, 0.6) is 0 Å².